The number of hydrogen-bond donors (Lipinski definition) is 3. The van der Waals surface area contributed by atoms with Crippen molar-refractivity contribution in [1.82, 2.24) is 20.1 Å². The minimum Gasteiger partial charge on any atom is -0.495 e. The van der Waals surface area contributed by atoms with Gasteiger partial charge in [0.15, 0.2) is 5.82 Å². The third-order valence-corrected chi connectivity index (χ3v) is 3.73. The van der Waals surface area contributed by atoms with Crippen LogP contribution in [0, 0.1) is 0 Å². The van der Waals surface area contributed by atoms with Crippen molar-refractivity contribution in [1.29, 1.82) is 0 Å². The molecule has 0 aliphatic rings. The Hall–Kier alpha value is -3.14. The molecule has 0 saturated carbocycles. The van der Waals surface area contributed by atoms with Crippen molar-refractivity contribution >= 4 is 23.3 Å². The minimum absolute atomic E-state index is 0.0864. The molecule has 0 saturated heterocycles. The highest BCUT2D eigenvalue weighted by molar-refractivity contribution is 5.95. The molecule has 2 rings (SSSR count). The first-order chi connectivity index (χ1) is 13.0. The zero-order valence-corrected chi connectivity index (χ0v) is 15.8. The van der Waals surface area contributed by atoms with Gasteiger partial charge in [-0.1, -0.05) is 0 Å². The van der Waals surface area contributed by atoms with E-state index in [1.165, 1.54) is 14.2 Å². The van der Waals surface area contributed by atoms with E-state index in [2.05, 4.69) is 26.1 Å². The number of nitrogens with zero attached hydrogens (tertiary/aromatic N) is 3. The van der Waals surface area contributed by atoms with Crippen LogP contribution in [0.4, 0.5) is 16.2 Å². The number of ether oxygens (including phenoxy) is 2. The van der Waals surface area contributed by atoms with Gasteiger partial charge >= 0.3 is 6.03 Å². The fourth-order valence-electron chi connectivity index (χ4n) is 2.47. The molecule has 0 spiro atoms. The van der Waals surface area contributed by atoms with E-state index in [0.29, 0.717) is 29.5 Å². The lowest BCUT2D eigenvalue weighted by molar-refractivity contribution is -0.119. The molecule has 1 aromatic carbocycles. The molecule has 0 unspecified atom stereocenters. The number of rotatable bonds is 8. The maximum atomic E-state index is 12.3. The van der Waals surface area contributed by atoms with Crippen LogP contribution < -0.4 is 20.7 Å². The molecular weight excluding hydrogens is 352 g/mol. The predicted octanol–water partition coefficient (Wildman–Crippen LogP) is 1.77. The Balaban J connectivity index is 2.05. The van der Waals surface area contributed by atoms with Gasteiger partial charge in [0.25, 0.3) is 0 Å². The van der Waals surface area contributed by atoms with Crippen molar-refractivity contribution in [3.05, 3.63) is 30.4 Å². The monoisotopic (exact) mass is 376 g/mol. The van der Waals surface area contributed by atoms with Gasteiger partial charge in [-0.05, 0) is 32.0 Å². The van der Waals surface area contributed by atoms with Gasteiger partial charge in [-0.25, -0.2) is 4.79 Å². The van der Waals surface area contributed by atoms with Crippen molar-refractivity contribution < 1.29 is 19.1 Å². The van der Waals surface area contributed by atoms with Crippen molar-refractivity contribution in [2.45, 2.75) is 26.4 Å². The number of benzene rings is 1. The lowest BCUT2D eigenvalue weighted by atomic mass is 10.2. The SMILES string of the molecule is CCn1cnnc1[C@H](C)NC(=O)Nc1ccc(OC)c(NC(=O)COC)c1. The zero-order chi connectivity index (χ0) is 19.8. The van der Waals surface area contributed by atoms with Gasteiger partial charge in [0.1, 0.15) is 18.7 Å². The molecule has 10 nitrogen and oxygen atoms in total. The van der Waals surface area contributed by atoms with Crippen LogP contribution in [0.1, 0.15) is 25.7 Å². The van der Waals surface area contributed by atoms with Gasteiger partial charge in [-0.2, -0.15) is 0 Å². The van der Waals surface area contributed by atoms with E-state index in [1.807, 2.05) is 18.4 Å². The van der Waals surface area contributed by atoms with E-state index in [1.54, 1.807) is 24.5 Å². The molecule has 0 aliphatic heterocycles. The average molecular weight is 376 g/mol. The molecule has 2 aromatic rings. The highest BCUT2D eigenvalue weighted by atomic mass is 16.5. The molecule has 3 N–H and O–H groups in total. The Morgan fingerprint density at radius 3 is 2.70 bits per heavy atom. The maximum absolute atomic E-state index is 12.3. The van der Waals surface area contributed by atoms with E-state index in [9.17, 15) is 9.59 Å². The first kappa shape index (κ1) is 20.2. The van der Waals surface area contributed by atoms with E-state index in [-0.39, 0.29) is 18.6 Å². The fourth-order valence-corrected chi connectivity index (χ4v) is 2.47. The second kappa shape index (κ2) is 9.53. The summed E-state index contributed by atoms with van der Waals surface area (Å²) in [5, 5.41) is 16.1. The van der Waals surface area contributed by atoms with Crippen LogP contribution in [0.5, 0.6) is 5.75 Å². The number of amides is 3. The Labute approximate surface area is 157 Å². The summed E-state index contributed by atoms with van der Waals surface area (Å²) in [6.07, 6.45) is 1.61. The summed E-state index contributed by atoms with van der Waals surface area (Å²) >= 11 is 0. The summed E-state index contributed by atoms with van der Waals surface area (Å²) in [5.74, 6) is 0.801. The topological polar surface area (TPSA) is 119 Å². The Bertz CT molecular complexity index is 791. The second-order valence-electron chi connectivity index (χ2n) is 5.69. The predicted molar refractivity (Wildman–Crippen MR) is 99.8 cm³/mol. The van der Waals surface area contributed by atoms with E-state index in [0.717, 1.165) is 0 Å². The molecule has 1 aromatic heterocycles. The largest absolute Gasteiger partial charge is 0.495 e. The summed E-state index contributed by atoms with van der Waals surface area (Å²) in [6, 6.07) is 4.18. The quantitative estimate of drug-likeness (QED) is 0.646. The van der Waals surface area contributed by atoms with E-state index >= 15 is 0 Å². The number of anilines is 2. The minimum atomic E-state index is -0.410. The van der Waals surface area contributed by atoms with Crippen LogP contribution in [-0.2, 0) is 16.1 Å². The number of nitrogens with one attached hydrogen (secondary N) is 3. The first-order valence-corrected chi connectivity index (χ1v) is 8.40. The first-order valence-electron chi connectivity index (χ1n) is 8.40. The van der Waals surface area contributed by atoms with E-state index in [4.69, 9.17) is 9.47 Å². The summed E-state index contributed by atoms with van der Waals surface area (Å²) in [7, 11) is 2.92. The lowest BCUT2D eigenvalue weighted by Gasteiger charge is -2.16. The third kappa shape index (κ3) is 5.42. The molecule has 0 aliphatic carbocycles. The molecular formula is C17H24N6O4. The number of urea groups is 1. The van der Waals surface area contributed by atoms with Crippen LogP contribution in [0.2, 0.25) is 0 Å². The highest BCUT2D eigenvalue weighted by Crippen LogP contribution is 2.27. The van der Waals surface area contributed by atoms with Gasteiger partial charge < -0.3 is 30.0 Å². The van der Waals surface area contributed by atoms with E-state index < -0.39 is 6.03 Å². The number of hydrogen-bond acceptors (Lipinski definition) is 6. The molecule has 27 heavy (non-hydrogen) atoms. The van der Waals surface area contributed by atoms with Crippen molar-refractivity contribution in [3.63, 3.8) is 0 Å². The molecule has 0 fully saturated rings. The molecule has 3 amide bonds. The third-order valence-electron chi connectivity index (χ3n) is 3.73. The maximum Gasteiger partial charge on any atom is 0.319 e. The van der Waals surface area contributed by atoms with Gasteiger partial charge in [-0.15, -0.1) is 10.2 Å². The van der Waals surface area contributed by atoms with Gasteiger partial charge in [-0.3, -0.25) is 4.79 Å². The Morgan fingerprint density at radius 2 is 2.04 bits per heavy atom. The number of aromatic nitrogens is 3. The smallest absolute Gasteiger partial charge is 0.319 e. The molecule has 146 valence electrons. The van der Waals surface area contributed by atoms with Crippen molar-refractivity contribution in [2.75, 3.05) is 31.5 Å². The Morgan fingerprint density at radius 1 is 1.26 bits per heavy atom. The molecule has 0 radical (unpaired) electrons. The summed E-state index contributed by atoms with van der Waals surface area (Å²) in [5.41, 5.74) is 0.918. The van der Waals surface area contributed by atoms with Crippen molar-refractivity contribution in [3.8, 4) is 5.75 Å². The standard InChI is InChI=1S/C17H24N6O4/c1-5-23-10-18-22-16(23)11(2)19-17(25)20-12-6-7-14(27-4)13(8-12)21-15(24)9-26-3/h6-8,10-11H,5,9H2,1-4H3,(H,21,24)(H2,19,20,25)/t11-/m0/s1. The summed E-state index contributed by atoms with van der Waals surface area (Å²) < 4.78 is 11.9. The van der Waals surface area contributed by atoms with Crippen LogP contribution in [0.25, 0.3) is 0 Å². The second-order valence-corrected chi connectivity index (χ2v) is 5.69. The molecule has 0 bridgehead atoms. The lowest BCUT2D eigenvalue weighted by Crippen LogP contribution is -2.32. The van der Waals surface area contributed by atoms with Crippen molar-refractivity contribution in [2.24, 2.45) is 0 Å². The van der Waals surface area contributed by atoms with Crippen LogP contribution in [0.3, 0.4) is 0 Å². The Kier molecular flexibility index (Phi) is 7.12. The van der Waals surface area contributed by atoms with Crippen LogP contribution in [-0.4, -0.2) is 47.5 Å². The fraction of sp³-hybridized carbons (Fsp3) is 0.412. The number of carbonyl (C=O) groups excluding carboxylic acids is 2. The van der Waals surface area contributed by atoms with Gasteiger partial charge in [0.05, 0.1) is 18.8 Å². The summed E-state index contributed by atoms with van der Waals surface area (Å²) in [6.45, 7) is 4.41. The average Bonchev–Trinajstić information content (AvgIpc) is 3.11. The highest BCUT2D eigenvalue weighted by Gasteiger charge is 2.16. The van der Waals surface area contributed by atoms with Crippen LogP contribution >= 0.6 is 0 Å². The number of methoxy groups -OCH3 is 2. The normalized spacial score (nSPS) is 11.6. The van der Waals surface area contributed by atoms with Gasteiger partial charge in [0.2, 0.25) is 5.91 Å². The number of carbonyl (C=O) groups is 2. The molecule has 1 heterocycles. The molecule has 10 heteroatoms. The van der Waals surface area contributed by atoms with Gasteiger partial charge in [0, 0.05) is 19.3 Å². The number of aryl methyl sites for hydroxylation is 1. The summed E-state index contributed by atoms with van der Waals surface area (Å²) in [4.78, 5) is 24.0. The zero-order valence-electron chi connectivity index (χ0n) is 15.8. The van der Waals surface area contributed by atoms with Crippen LogP contribution in [0.15, 0.2) is 24.5 Å². The molecule has 1 atom stereocenters.